The minimum absolute atomic E-state index is 0.133. The van der Waals surface area contributed by atoms with E-state index >= 15 is 0 Å². The Labute approximate surface area is 91.9 Å². The summed E-state index contributed by atoms with van der Waals surface area (Å²) in [5.41, 5.74) is 1.06. The van der Waals surface area contributed by atoms with Crippen LogP contribution < -0.4 is 0 Å². The van der Waals surface area contributed by atoms with Crippen LogP contribution in [0.4, 0.5) is 0 Å². The van der Waals surface area contributed by atoms with Crippen molar-refractivity contribution in [3.05, 3.63) is 34.3 Å². The molecule has 0 spiro atoms. The molecule has 0 saturated carbocycles. The molecule has 0 radical (unpaired) electrons. The molecule has 2 N–H and O–H groups in total. The smallest absolute Gasteiger partial charge is 0.179 e. The van der Waals surface area contributed by atoms with Crippen LogP contribution in [0, 0.1) is 0 Å². The van der Waals surface area contributed by atoms with Gasteiger partial charge in [0.1, 0.15) is 0 Å². The van der Waals surface area contributed by atoms with Gasteiger partial charge in [0.15, 0.2) is 6.10 Å². The predicted molar refractivity (Wildman–Crippen MR) is 60.5 cm³/mol. The van der Waals surface area contributed by atoms with Crippen molar-refractivity contribution in [2.24, 2.45) is 0 Å². The molecule has 0 aromatic heterocycles. The van der Waals surface area contributed by atoms with Crippen molar-refractivity contribution in [3.63, 3.8) is 0 Å². The fourth-order valence-electron chi connectivity index (χ4n) is 1.14. The van der Waals surface area contributed by atoms with E-state index in [0.717, 1.165) is 22.9 Å². The highest BCUT2D eigenvalue weighted by Crippen LogP contribution is 2.20. The first-order valence-electron chi connectivity index (χ1n) is 4.26. The van der Waals surface area contributed by atoms with Crippen molar-refractivity contribution in [1.82, 2.24) is 0 Å². The third-order valence-electron chi connectivity index (χ3n) is 1.90. The minimum Gasteiger partial charge on any atom is -0.440 e. The Morgan fingerprint density at radius 1 is 1.31 bits per heavy atom. The summed E-state index contributed by atoms with van der Waals surface area (Å²) in [5, 5.41) is 7.81. The van der Waals surface area contributed by atoms with Gasteiger partial charge in [0.2, 0.25) is 0 Å². The zero-order chi connectivity index (χ0) is 9.68. The first-order valence-corrected chi connectivity index (χ1v) is 5.59. The summed E-state index contributed by atoms with van der Waals surface area (Å²) in [6.07, 6.45) is 1.61. The van der Waals surface area contributed by atoms with Crippen LogP contribution >= 0.6 is 27.5 Å². The van der Waals surface area contributed by atoms with Crippen LogP contribution in [0.5, 0.6) is 0 Å². The highest BCUT2D eigenvalue weighted by Gasteiger charge is 2.10. The van der Waals surface area contributed by atoms with Crippen molar-refractivity contribution in [3.8, 4) is 0 Å². The molecule has 13 heavy (non-hydrogen) atoms. The Hall–Kier alpha value is -0.0500. The van der Waals surface area contributed by atoms with Crippen molar-refractivity contribution in [2.45, 2.75) is 18.9 Å². The largest absolute Gasteiger partial charge is 0.440 e. The molecule has 1 atom stereocenters. The molecular formula is C10H13BrClO+. The van der Waals surface area contributed by atoms with Gasteiger partial charge in [0.25, 0.3) is 0 Å². The first kappa shape index (κ1) is 11.0. The quantitative estimate of drug-likeness (QED) is 0.589. The Morgan fingerprint density at radius 2 is 1.92 bits per heavy atom. The molecule has 0 heterocycles. The number of alkyl halides is 1. The Balaban J connectivity index is 2.55. The molecule has 1 aromatic rings. The van der Waals surface area contributed by atoms with Crippen LogP contribution in [0.2, 0.25) is 0 Å². The lowest BCUT2D eigenvalue weighted by Crippen LogP contribution is -1.97. The Kier molecular flexibility index (Phi) is 4.78. The third kappa shape index (κ3) is 3.67. The van der Waals surface area contributed by atoms with Gasteiger partial charge in [-0.15, -0.1) is 11.6 Å². The van der Waals surface area contributed by atoms with E-state index in [1.807, 2.05) is 24.3 Å². The molecule has 0 bridgehead atoms. The molecular weight excluding hydrogens is 251 g/mol. The van der Waals surface area contributed by atoms with Gasteiger partial charge in [-0.05, 0) is 30.7 Å². The maximum absolute atomic E-state index is 7.81. The third-order valence-corrected chi connectivity index (χ3v) is 2.69. The molecule has 1 aromatic carbocycles. The van der Waals surface area contributed by atoms with Gasteiger partial charge in [-0.3, -0.25) is 0 Å². The molecule has 1 rings (SSSR count). The van der Waals surface area contributed by atoms with Crippen LogP contribution in [-0.2, 0) is 0 Å². The summed E-state index contributed by atoms with van der Waals surface area (Å²) in [6, 6.07) is 7.90. The van der Waals surface area contributed by atoms with Crippen molar-refractivity contribution in [2.75, 3.05) is 5.88 Å². The van der Waals surface area contributed by atoms with Gasteiger partial charge in [0.05, 0.1) is 0 Å². The van der Waals surface area contributed by atoms with Crippen LogP contribution in [0.3, 0.4) is 0 Å². The number of benzene rings is 1. The van der Waals surface area contributed by atoms with E-state index in [1.54, 1.807) is 0 Å². The van der Waals surface area contributed by atoms with Gasteiger partial charge in [0, 0.05) is 22.3 Å². The van der Waals surface area contributed by atoms with E-state index in [2.05, 4.69) is 15.9 Å². The van der Waals surface area contributed by atoms with Crippen LogP contribution in [0.25, 0.3) is 0 Å². The molecule has 1 nitrogen and oxygen atoms in total. The van der Waals surface area contributed by atoms with Crippen LogP contribution in [0.1, 0.15) is 24.5 Å². The highest BCUT2D eigenvalue weighted by atomic mass is 79.9. The summed E-state index contributed by atoms with van der Waals surface area (Å²) in [4.78, 5) is 0. The topological polar surface area (TPSA) is 22.9 Å². The van der Waals surface area contributed by atoms with E-state index in [4.69, 9.17) is 16.7 Å². The average molecular weight is 265 g/mol. The van der Waals surface area contributed by atoms with E-state index in [-0.39, 0.29) is 6.10 Å². The van der Waals surface area contributed by atoms with Crippen molar-refractivity contribution < 1.29 is 5.11 Å². The predicted octanol–water partition coefficient (Wildman–Crippen LogP) is 3.23. The van der Waals surface area contributed by atoms with Crippen molar-refractivity contribution in [1.29, 1.82) is 0 Å². The molecule has 0 aliphatic rings. The van der Waals surface area contributed by atoms with E-state index in [9.17, 15) is 0 Å². The summed E-state index contributed by atoms with van der Waals surface area (Å²) >= 11 is 8.93. The van der Waals surface area contributed by atoms with Crippen molar-refractivity contribution >= 4 is 27.5 Å². The fourth-order valence-corrected chi connectivity index (χ4v) is 1.56. The molecule has 1 unspecified atom stereocenters. The van der Waals surface area contributed by atoms with Gasteiger partial charge in [-0.25, -0.2) is 0 Å². The SMILES string of the molecule is [OH2+]C(CCCCl)c1ccc(Br)cc1. The van der Waals surface area contributed by atoms with E-state index in [1.165, 1.54) is 0 Å². The standard InChI is InChI=1S/C10H12BrClO/c11-9-5-3-8(4-6-9)10(13)2-1-7-12/h3-6,10,13H,1-2,7H2/p+1. The lowest BCUT2D eigenvalue weighted by molar-refractivity contribution is 0.167. The second kappa shape index (κ2) is 5.63. The van der Waals surface area contributed by atoms with Gasteiger partial charge in [-0.2, -0.15) is 0 Å². The Morgan fingerprint density at radius 3 is 2.46 bits per heavy atom. The average Bonchev–Trinajstić information content (AvgIpc) is 2.15. The monoisotopic (exact) mass is 263 g/mol. The lowest BCUT2D eigenvalue weighted by atomic mass is 10.1. The number of hydrogen-bond donors (Lipinski definition) is 0. The normalized spacial score (nSPS) is 12.8. The van der Waals surface area contributed by atoms with Crippen LogP contribution in [-0.4, -0.2) is 11.0 Å². The molecule has 0 amide bonds. The summed E-state index contributed by atoms with van der Waals surface area (Å²) in [5.74, 6) is 0.645. The van der Waals surface area contributed by atoms with E-state index in [0.29, 0.717) is 5.88 Å². The summed E-state index contributed by atoms with van der Waals surface area (Å²) in [6.45, 7) is 0. The number of hydrogen-bond acceptors (Lipinski definition) is 0. The van der Waals surface area contributed by atoms with Gasteiger partial charge < -0.3 is 5.11 Å². The summed E-state index contributed by atoms with van der Waals surface area (Å²) < 4.78 is 1.06. The van der Waals surface area contributed by atoms with Gasteiger partial charge in [-0.1, -0.05) is 15.9 Å². The zero-order valence-corrected chi connectivity index (χ0v) is 9.61. The molecule has 0 fully saturated rings. The molecule has 72 valence electrons. The molecule has 0 aliphatic carbocycles. The van der Waals surface area contributed by atoms with Gasteiger partial charge >= 0.3 is 0 Å². The lowest BCUT2D eigenvalue weighted by Gasteiger charge is -2.05. The first-order chi connectivity index (χ1) is 6.24. The number of halogens is 2. The second-order valence-corrected chi connectivity index (χ2v) is 4.23. The zero-order valence-electron chi connectivity index (χ0n) is 7.26. The Bertz CT molecular complexity index is 248. The molecule has 0 aliphatic heterocycles. The maximum Gasteiger partial charge on any atom is 0.179 e. The van der Waals surface area contributed by atoms with Crippen LogP contribution in [0.15, 0.2) is 28.7 Å². The fraction of sp³-hybridized carbons (Fsp3) is 0.400. The molecule has 0 saturated heterocycles. The van der Waals surface area contributed by atoms with E-state index < -0.39 is 0 Å². The highest BCUT2D eigenvalue weighted by molar-refractivity contribution is 9.10. The summed E-state index contributed by atoms with van der Waals surface area (Å²) in [7, 11) is 0. The number of rotatable bonds is 4. The maximum atomic E-state index is 7.81. The molecule has 3 heteroatoms. The minimum atomic E-state index is -0.133. The second-order valence-electron chi connectivity index (χ2n) is 2.94.